The predicted octanol–water partition coefficient (Wildman–Crippen LogP) is 4.16. The van der Waals surface area contributed by atoms with Gasteiger partial charge in [-0.05, 0) is 25.0 Å². The molecule has 0 aliphatic rings. The van der Waals surface area contributed by atoms with Crippen LogP contribution in [0, 0.1) is 0 Å². The van der Waals surface area contributed by atoms with Crippen molar-refractivity contribution >= 4 is 11.7 Å². The Bertz CT molecular complexity index is 897. The van der Waals surface area contributed by atoms with Gasteiger partial charge in [0.05, 0.1) is 0 Å². The van der Waals surface area contributed by atoms with Gasteiger partial charge in [0, 0.05) is 32.2 Å². The normalized spacial score (nSPS) is 10.7. The van der Waals surface area contributed by atoms with E-state index in [4.69, 9.17) is 0 Å². The smallest absolute Gasteiger partial charge is 0.272 e. The van der Waals surface area contributed by atoms with E-state index in [1.807, 2.05) is 48.5 Å². The van der Waals surface area contributed by atoms with Crippen LogP contribution in [0.4, 0.5) is 5.82 Å². The van der Waals surface area contributed by atoms with E-state index in [0.29, 0.717) is 12.2 Å². The van der Waals surface area contributed by atoms with Gasteiger partial charge in [-0.3, -0.25) is 4.79 Å². The lowest BCUT2D eigenvalue weighted by Crippen LogP contribution is -2.32. The molecule has 0 radical (unpaired) electrons. The molecule has 0 saturated heterocycles. The first kappa shape index (κ1) is 19.5. The molecule has 1 amide bonds. The first-order chi connectivity index (χ1) is 13.5. The number of hydrogen-bond acceptors (Lipinski definition) is 4. The maximum absolute atomic E-state index is 12.9. The van der Waals surface area contributed by atoms with Crippen molar-refractivity contribution < 1.29 is 4.79 Å². The SMILES string of the molecule is CC(C)N(Cc1ccccc1)c1cc(C(=O)N(C)Cc2ccccc2)ncn1. The summed E-state index contributed by atoms with van der Waals surface area (Å²) in [5.74, 6) is 0.640. The van der Waals surface area contributed by atoms with Gasteiger partial charge < -0.3 is 9.80 Å². The van der Waals surface area contributed by atoms with Gasteiger partial charge in [0.2, 0.25) is 0 Å². The number of rotatable bonds is 7. The molecule has 0 fully saturated rings. The molecule has 0 unspecified atom stereocenters. The lowest BCUT2D eigenvalue weighted by atomic mass is 10.2. The number of amides is 1. The zero-order valence-corrected chi connectivity index (χ0v) is 16.6. The fourth-order valence-electron chi connectivity index (χ4n) is 3.05. The third-order valence-corrected chi connectivity index (χ3v) is 4.59. The van der Waals surface area contributed by atoms with E-state index in [0.717, 1.165) is 17.9 Å². The first-order valence-corrected chi connectivity index (χ1v) is 9.46. The highest BCUT2D eigenvalue weighted by molar-refractivity contribution is 5.92. The number of nitrogens with zero attached hydrogens (tertiary/aromatic N) is 4. The lowest BCUT2D eigenvalue weighted by Gasteiger charge is -2.28. The molecule has 0 bridgehead atoms. The maximum atomic E-state index is 12.9. The van der Waals surface area contributed by atoms with Crippen LogP contribution >= 0.6 is 0 Å². The Morgan fingerprint density at radius 3 is 2.04 bits per heavy atom. The second-order valence-electron chi connectivity index (χ2n) is 7.12. The molecule has 3 rings (SSSR count). The van der Waals surface area contributed by atoms with Gasteiger partial charge in [-0.2, -0.15) is 0 Å². The van der Waals surface area contributed by atoms with Crippen LogP contribution in [-0.4, -0.2) is 33.9 Å². The molecule has 0 aliphatic heterocycles. The Balaban J connectivity index is 1.78. The van der Waals surface area contributed by atoms with Gasteiger partial charge in [0.15, 0.2) is 0 Å². The van der Waals surface area contributed by atoms with Crippen molar-refractivity contribution in [3.63, 3.8) is 0 Å². The highest BCUT2D eigenvalue weighted by Gasteiger charge is 2.18. The van der Waals surface area contributed by atoms with Crippen LogP contribution in [0.5, 0.6) is 0 Å². The standard InChI is InChI=1S/C23H26N4O/c1-18(2)27(16-20-12-8-5-9-13-20)22-14-21(24-17-25-22)23(28)26(3)15-19-10-6-4-7-11-19/h4-14,17-18H,15-16H2,1-3H3. The van der Waals surface area contributed by atoms with Crippen LogP contribution in [0.2, 0.25) is 0 Å². The lowest BCUT2D eigenvalue weighted by molar-refractivity contribution is 0.0779. The summed E-state index contributed by atoms with van der Waals surface area (Å²) in [4.78, 5) is 25.4. The largest absolute Gasteiger partial charge is 0.350 e. The zero-order valence-electron chi connectivity index (χ0n) is 16.6. The van der Waals surface area contributed by atoms with Crippen molar-refractivity contribution in [1.29, 1.82) is 0 Å². The third-order valence-electron chi connectivity index (χ3n) is 4.59. The minimum Gasteiger partial charge on any atom is -0.350 e. The summed E-state index contributed by atoms with van der Waals surface area (Å²) < 4.78 is 0. The van der Waals surface area contributed by atoms with Gasteiger partial charge in [-0.1, -0.05) is 60.7 Å². The molecule has 28 heavy (non-hydrogen) atoms. The van der Waals surface area contributed by atoms with Crippen molar-refractivity contribution in [1.82, 2.24) is 14.9 Å². The number of benzene rings is 2. The Morgan fingerprint density at radius 1 is 0.893 bits per heavy atom. The average Bonchev–Trinajstić information content (AvgIpc) is 2.73. The summed E-state index contributed by atoms with van der Waals surface area (Å²) in [5.41, 5.74) is 2.69. The minimum absolute atomic E-state index is 0.115. The third kappa shape index (κ3) is 4.94. The van der Waals surface area contributed by atoms with Crippen molar-refractivity contribution in [3.8, 4) is 0 Å². The number of carbonyl (C=O) groups excluding carboxylic acids is 1. The van der Waals surface area contributed by atoms with E-state index in [-0.39, 0.29) is 11.9 Å². The van der Waals surface area contributed by atoms with E-state index in [1.54, 1.807) is 18.0 Å². The summed E-state index contributed by atoms with van der Waals surface area (Å²) in [6, 6.07) is 22.2. The van der Waals surface area contributed by atoms with Crippen LogP contribution in [0.1, 0.15) is 35.5 Å². The van der Waals surface area contributed by atoms with E-state index >= 15 is 0 Å². The van der Waals surface area contributed by atoms with E-state index < -0.39 is 0 Å². The fourth-order valence-corrected chi connectivity index (χ4v) is 3.05. The highest BCUT2D eigenvalue weighted by Crippen LogP contribution is 2.19. The molecular formula is C23H26N4O. The summed E-state index contributed by atoms with van der Waals surface area (Å²) in [7, 11) is 1.79. The van der Waals surface area contributed by atoms with Gasteiger partial charge in [-0.25, -0.2) is 9.97 Å². The summed E-state index contributed by atoms with van der Waals surface area (Å²) in [6.45, 7) is 5.50. The fraction of sp³-hybridized carbons (Fsp3) is 0.261. The molecule has 0 N–H and O–H groups in total. The van der Waals surface area contributed by atoms with E-state index in [9.17, 15) is 4.79 Å². The maximum Gasteiger partial charge on any atom is 0.272 e. The molecule has 144 valence electrons. The van der Waals surface area contributed by atoms with Crippen LogP contribution in [0.25, 0.3) is 0 Å². The van der Waals surface area contributed by atoms with Crippen molar-refractivity contribution in [2.75, 3.05) is 11.9 Å². The number of anilines is 1. The second kappa shape index (κ2) is 9.13. The van der Waals surface area contributed by atoms with Crippen molar-refractivity contribution in [2.24, 2.45) is 0 Å². The minimum atomic E-state index is -0.115. The molecule has 0 aliphatic carbocycles. The van der Waals surface area contributed by atoms with Crippen LogP contribution < -0.4 is 4.90 Å². The predicted molar refractivity (Wildman–Crippen MR) is 112 cm³/mol. The van der Waals surface area contributed by atoms with Crippen LogP contribution in [0.3, 0.4) is 0 Å². The van der Waals surface area contributed by atoms with Crippen LogP contribution in [-0.2, 0) is 13.1 Å². The second-order valence-corrected chi connectivity index (χ2v) is 7.12. The Morgan fingerprint density at radius 2 is 1.46 bits per heavy atom. The van der Waals surface area contributed by atoms with Crippen molar-refractivity contribution in [3.05, 3.63) is 89.9 Å². The molecule has 5 heteroatoms. The molecule has 2 aromatic carbocycles. The molecule has 0 atom stereocenters. The molecule has 5 nitrogen and oxygen atoms in total. The van der Waals surface area contributed by atoms with Crippen molar-refractivity contribution in [2.45, 2.75) is 33.0 Å². The Hall–Kier alpha value is -3.21. The molecular weight excluding hydrogens is 348 g/mol. The topological polar surface area (TPSA) is 49.3 Å². The van der Waals surface area contributed by atoms with Crippen LogP contribution in [0.15, 0.2) is 73.1 Å². The first-order valence-electron chi connectivity index (χ1n) is 9.46. The van der Waals surface area contributed by atoms with Gasteiger partial charge in [0.1, 0.15) is 17.8 Å². The number of hydrogen-bond donors (Lipinski definition) is 0. The monoisotopic (exact) mass is 374 g/mol. The quantitative estimate of drug-likeness (QED) is 0.623. The summed E-state index contributed by atoms with van der Waals surface area (Å²) in [5, 5.41) is 0. The molecule has 1 heterocycles. The number of carbonyl (C=O) groups is 1. The van der Waals surface area contributed by atoms with E-state index in [2.05, 4.69) is 40.8 Å². The van der Waals surface area contributed by atoms with Gasteiger partial charge in [0.25, 0.3) is 5.91 Å². The highest BCUT2D eigenvalue weighted by atomic mass is 16.2. The zero-order chi connectivity index (χ0) is 19.9. The molecule has 3 aromatic rings. The Labute approximate surface area is 166 Å². The molecule has 1 aromatic heterocycles. The average molecular weight is 374 g/mol. The van der Waals surface area contributed by atoms with Gasteiger partial charge >= 0.3 is 0 Å². The molecule has 0 saturated carbocycles. The number of aromatic nitrogens is 2. The van der Waals surface area contributed by atoms with E-state index in [1.165, 1.54) is 11.9 Å². The summed E-state index contributed by atoms with van der Waals surface area (Å²) in [6.07, 6.45) is 1.47. The Kier molecular flexibility index (Phi) is 6.37. The summed E-state index contributed by atoms with van der Waals surface area (Å²) >= 11 is 0. The molecule has 0 spiro atoms. The van der Waals surface area contributed by atoms with Gasteiger partial charge in [-0.15, -0.1) is 0 Å².